The van der Waals surface area contributed by atoms with Crippen LogP contribution in [0.4, 0.5) is 6.01 Å². The van der Waals surface area contributed by atoms with Gasteiger partial charge in [0.25, 0.3) is 6.01 Å². The minimum Gasteiger partial charge on any atom is -0.423 e. The molecule has 0 spiro atoms. The van der Waals surface area contributed by atoms with E-state index in [1.165, 1.54) is 0 Å². The van der Waals surface area contributed by atoms with Gasteiger partial charge in [-0.05, 0) is 37.5 Å². The van der Waals surface area contributed by atoms with Crippen LogP contribution in [0, 0.1) is 5.92 Å². The molecule has 1 aliphatic rings. The van der Waals surface area contributed by atoms with Crippen molar-refractivity contribution in [3.05, 3.63) is 35.6 Å². The van der Waals surface area contributed by atoms with Gasteiger partial charge in [0.1, 0.15) is 5.52 Å². The Labute approximate surface area is 161 Å². The Balaban J connectivity index is 1.32. The highest BCUT2D eigenvalue weighted by Crippen LogP contribution is 2.27. The molecule has 1 amide bonds. The highest BCUT2D eigenvalue weighted by atomic mass is 35.5. The van der Waals surface area contributed by atoms with E-state index >= 15 is 0 Å². The third-order valence-electron chi connectivity index (χ3n) is 4.74. The van der Waals surface area contributed by atoms with Gasteiger partial charge in [0.05, 0.1) is 12.1 Å². The van der Waals surface area contributed by atoms with Crippen LogP contribution in [0.15, 0.2) is 35.0 Å². The van der Waals surface area contributed by atoms with Gasteiger partial charge in [-0.1, -0.05) is 16.8 Å². The van der Waals surface area contributed by atoms with Crippen LogP contribution in [-0.4, -0.2) is 45.5 Å². The largest absolute Gasteiger partial charge is 0.423 e. The van der Waals surface area contributed by atoms with Crippen molar-refractivity contribution in [2.45, 2.75) is 25.8 Å². The normalized spacial score (nSPS) is 17.4. The lowest BCUT2D eigenvalue weighted by atomic mass is 9.97. The van der Waals surface area contributed by atoms with Gasteiger partial charge in [0, 0.05) is 37.4 Å². The number of piperidine rings is 1. The van der Waals surface area contributed by atoms with Gasteiger partial charge in [-0.15, -0.1) is 5.10 Å². The van der Waals surface area contributed by atoms with Crippen molar-refractivity contribution in [2.24, 2.45) is 5.92 Å². The number of hydrogen-bond donors (Lipinski definition) is 1. The molecule has 1 aromatic carbocycles. The van der Waals surface area contributed by atoms with Gasteiger partial charge in [0.2, 0.25) is 5.91 Å². The molecule has 8 nitrogen and oxygen atoms in total. The number of aromatic nitrogens is 4. The van der Waals surface area contributed by atoms with Crippen molar-refractivity contribution in [3.8, 4) is 0 Å². The zero-order valence-electron chi connectivity index (χ0n) is 14.8. The van der Waals surface area contributed by atoms with Crippen molar-refractivity contribution in [3.63, 3.8) is 0 Å². The van der Waals surface area contributed by atoms with Crippen molar-refractivity contribution in [2.75, 3.05) is 24.5 Å². The van der Waals surface area contributed by atoms with E-state index in [-0.39, 0.29) is 11.8 Å². The molecule has 1 unspecified atom stereocenters. The molecule has 0 bridgehead atoms. The second-order valence-electron chi connectivity index (χ2n) is 6.70. The lowest BCUT2D eigenvalue weighted by Crippen LogP contribution is -2.43. The lowest BCUT2D eigenvalue weighted by Gasteiger charge is -2.30. The summed E-state index contributed by atoms with van der Waals surface area (Å²) in [5, 5.41) is 11.3. The van der Waals surface area contributed by atoms with Crippen LogP contribution in [0.2, 0.25) is 5.02 Å². The molecule has 3 heterocycles. The van der Waals surface area contributed by atoms with E-state index in [0.29, 0.717) is 29.7 Å². The number of benzene rings is 1. The van der Waals surface area contributed by atoms with Gasteiger partial charge >= 0.3 is 0 Å². The standard InChI is InChI=1S/C18H21ClN6O2/c19-14-4-5-16-15(11-14)22-18(27-16)24-8-1-3-13(12-24)17(26)20-6-2-9-25-10-7-21-23-25/h4-5,7,10-11,13H,1-3,6,8-9,12H2,(H,20,26). The molecular formula is C18H21ClN6O2. The third kappa shape index (κ3) is 4.21. The average molecular weight is 389 g/mol. The fraction of sp³-hybridized carbons (Fsp3) is 0.444. The van der Waals surface area contributed by atoms with E-state index < -0.39 is 0 Å². The van der Waals surface area contributed by atoms with Gasteiger partial charge in [-0.3, -0.25) is 9.48 Å². The van der Waals surface area contributed by atoms with Crippen molar-refractivity contribution in [1.29, 1.82) is 0 Å². The number of fused-ring (bicyclic) bond motifs is 1. The zero-order valence-corrected chi connectivity index (χ0v) is 15.6. The molecule has 1 atom stereocenters. The Morgan fingerprint density at radius 2 is 2.33 bits per heavy atom. The summed E-state index contributed by atoms with van der Waals surface area (Å²) in [4.78, 5) is 19.1. The number of hydrogen-bond acceptors (Lipinski definition) is 6. The molecule has 1 N–H and O–H groups in total. The summed E-state index contributed by atoms with van der Waals surface area (Å²) in [7, 11) is 0. The summed E-state index contributed by atoms with van der Waals surface area (Å²) in [6.07, 6.45) is 6.08. The van der Waals surface area contributed by atoms with Crippen LogP contribution in [-0.2, 0) is 11.3 Å². The first-order valence-corrected chi connectivity index (χ1v) is 9.50. The molecule has 1 saturated heterocycles. The number of rotatable bonds is 6. The smallest absolute Gasteiger partial charge is 0.298 e. The lowest BCUT2D eigenvalue weighted by molar-refractivity contribution is -0.125. The predicted octanol–water partition coefficient (Wildman–Crippen LogP) is 2.50. The monoisotopic (exact) mass is 388 g/mol. The Hall–Kier alpha value is -2.61. The first-order valence-electron chi connectivity index (χ1n) is 9.12. The minimum atomic E-state index is -0.0660. The number of nitrogens with zero attached hydrogens (tertiary/aromatic N) is 5. The first-order chi connectivity index (χ1) is 13.2. The summed E-state index contributed by atoms with van der Waals surface area (Å²) in [5.74, 6) is 0.0150. The van der Waals surface area contributed by atoms with Gasteiger partial charge < -0.3 is 14.6 Å². The van der Waals surface area contributed by atoms with Crippen molar-refractivity contribution in [1.82, 2.24) is 25.3 Å². The molecule has 2 aromatic heterocycles. The fourth-order valence-corrected chi connectivity index (χ4v) is 3.50. The Bertz CT molecular complexity index is 910. The number of nitrogens with one attached hydrogen (secondary N) is 1. The molecule has 3 aromatic rings. The number of amides is 1. The van der Waals surface area contributed by atoms with E-state index in [9.17, 15) is 4.79 Å². The maximum absolute atomic E-state index is 12.5. The predicted molar refractivity (Wildman–Crippen MR) is 102 cm³/mol. The minimum absolute atomic E-state index is 0.0660. The van der Waals surface area contributed by atoms with Crippen molar-refractivity contribution < 1.29 is 9.21 Å². The number of halogens is 1. The molecule has 142 valence electrons. The average Bonchev–Trinajstić information content (AvgIpc) is 3.34. The van der Waals surface area contributed by atoms with Crippen LogP contribution >= 0.6 is 11.6 Å². The Morgan fingerprint density at radius 1 is 1.41 bits per heavy atom. The second kappa shape index (κ2) is 7.96. The summed E-state index contributed by atoms with van der Waals surface area (Å²) in [5.41, 5.74) is 1.44. The fourth-order valence-electron chi connectivity index (χ4n) is 3.34. The number of carbonyl (C=O) groups excluding carboxylic acids is 1. The Morgan fingerprint density at radius 3 is 3.19 bits per heavy atom. The summed E-state index contributed by atoms with van der Waals surface area (Å²) >= 11 is 6.01. The van der Waals surface area contributed by atoms with Crippen LogP contribution in [0.3, 0.4) is 0 Å². The quantitative estimate of drug-likeness (QED) is 0.652. The number of carbonyl (C=O) groups is 1. The molecule has 1 aliphatic heterocycles. The van der Waals surface area contributed by atoms with Crippen LogP contribution in [0.5, 0.6) is 0 Å². The molecule has 9 heteroatoms. The second-order valence-corrected chi connectivity index (χ2v) is 7.14. The van der Waals surface area contributed by atoms with Gasteiger partial charge in [-0.2, -0.15) is 4.98 Å². The molecular weight excluding hydrogens is 368 g/mol. The summed E-state index contributed by atoms with van der Waals surface area (Å²) < 4.78 is 7.60. The third-order valence-corrected chi connectivity index (χ3v) is 4.97. The zero-order chi connectivity index (χ0) is 18.6. The topological polar surface area (TPSA) is 89.1 Å². The van der Waals surface area contributed by atoms with Crippen LogP contribution in [0.1, 0.15) is 19.3 Å². The highest BCUT2D eigenvalue weighted by Gasteiger charge is 2.28. The highest BCUT2D eigenvalue weighted by molar-refractivity contribution is 6.31. The molecule has 4 rings (SSSR count). The molecule has 0 saturated carbocycles. The van der Waals surface area contributed by atoms with Gasteiger partial charge in [-0.25, -0.2) is 0 Å². The van der Waals surface area contributed by atoms with Gasteiger partial charge in [0.15, 0.2) is 5.58 Å². The Kier molecular flexibility index (Phi) is 5.24. The number of oxazole rings is 1. The maximum atomic E-state index is 12.5. The molecule has 0 radical (unpaired) electrons. The molecule has 1 fully saturated rings. The van der Waals surface area contributed by atoms with Crippen molar-refractivity contribution >= 4 is 34.6 Å². The number of anilines is 1. The van der Waals surface area contributed by atoms with E-state index in [0.717, 1.165) is 37.9 Å². The SMILES string of the molecule is O=C(NCCCn1ccnn1)C1CCCN(c2nc3cc(Cl)ccc3o2)C1. The van der Waals surface area contributed by atoms with E-state index in [4.69, 9.17) is 16.0 Å². The van der Waals surface area contributed by atoms with E-state index in [2.05, 4.69) is 20.6 Å². The van der Waals surface area contributed by atoms with E-state index in [1.54, 1.807) is 23.0 Å². The van der Waals surface area contributed by atoms with Crippen LogP contribution in [0.25, 0.3) is 11.1 Å². The molecule has 0 aliphatic carbocycles. The molecule has 27 heavy (non-hydrogen) atoms. The van der Waals surface area contributed by atoms with Crippen LogP contribution < -0.4 is 10.2 Å². The summed E-state index contributed by atoms with van der Waals surface area (Å²) in [6.45, 7) is 2.80. The summed E-state index contributed by atoms with van der Waals surface area (Å²) in [6, 6.07) is 5.94. The first kappa shape index (κ1) is 17.8. The number of aryl methyl sites for hydroxylation is 1. The van der Waals surface area contributed by atoms with E-state index in [1.807, 2.05) is 17.2 Å². The maximum Gasteiger partial charge on any atom is 0.298 e.